The van der Waals surface area contributed by atoms with E-state index in [1.807, 2.05) is 0 Å². The summed E-state index contributed by atoms with van der Waals surface area (Å²) in [6, 6.07) is 2.33. The van der Waals surface area contributed by atoms with E-state index in [0.29, 0.717) is 16.0 Å². The second kappa shape index (κ2) is 6.54. The first kappa shape index (κ1) is 16.2. The first-order valence-electron chi connectivity index (χ1n) is 5.93. The quantitative estimate of drug-likeness (QED) is 0.642. The van der Waals surface area contributed by atoms with Gasteiger partial charge in [-0.1, -0.05) is 12.8 Å². The minimum atomic E-state index is -0.477. The average Bonchev–Trinajstić information content (AvgIpc) is 2.85. The molecule has 0 aliphatic heterocycles. The van der Waals surface area contributed by atoms with Gasteiger partial charge in [-0.15, -0.1) is 12.4 Å². The Morgan fingerprint density at radius 3 is 2.53 bits per heavy atom. The fraction of sp³-hybridized carbons (Fsp3) is 0.500. The molecule has 19 heavy (non-hydrogen) atoms. The Labute approximate surface area is 125 Å². The summed E-state index contributed by atoms with van der Waals surface area (Å²) in [5, 5.41) is 20.8. The number of nitro benzene ring substituents is 1. The van der Waals surface area contributed by atoms with E-state index in [0.717, 1.165) is 25.7 Å². The Bertz CT molecular complexity index is 478. The molecule has 2 rings (SSSR count). The molecule has 7 heteroatoms. The summed E-state index contributed by atoms with van der Waals surface area (Å²) in [6.07, 6.45) is 4.30. The number of halogens is 2. The summed E-state index contributed by atoms with van der Waals surface area (Å²) >= 11 is 3.13. The van der Waals surface area contributed by atoms with Crippen LogP contribution < -0.4 is 5.73 Å². The molecule has 1 saturated carbocycles. The number of benzene rings is 1. The molecule has 5 nitrogen and oxygen atoms in total. The summed E-state index contributed by atoms with van der Waals surface area (Å²) in [7, 11) is 0. The Morgan fingerprint density at radius 2 is 2.00 bits per heavy atom. The van der Waals surface area contributed by atoms with Crippen molar-refractivity contribution in [1.82, 2.24) is 0 Å². The Kier molecular flexibility index (Phi) is 5.58. The van der Waals surface area contributed by atoms with Crippen molar-refractivity contribution in [3.63, 3.8) is 0 Å². The van der Waals surface area contributed by atoms with Crippen LogP contribution >= 0.6 is 28.3 Å². The highest BCUT2D eigenvalue weighted by molar-refractivity contribution is 9.10. The largest absolute Gasteiger partial charge is 0.506 e. The number of nitro groups is 1. The number of nitrogens with zero attached hydrogens (tertiary/aromatic N) is 1. The van der Waals surface area contributed by atoms with Gasteiger partial charge in [-0.2, -0.15) is 0 Å². The summed E-state index contributed by atoms with van der Waals surface area (Å²) in [4.78, 5) is 10.3. The van der Waals surface area contributed by atoms with E-state index in [-0.39, 0.29) is 29.9 Å². The lowest BCUT2D eigenvalue weighted by atomic mass is 9.91. The maximum absolute atomic E-state index is 10.8. The molecule has 1 aromatic rings. The molecule has 0 spiro atoms. The molecule has 0 amide bonds. The minimum absolute atomic E-state index is 0. The first-order valence-corrected chi connectivity index (χ1v) is 6.72. The number of hydrogen-bond acceptors (Lipinski definition) is 4. The number of phenolic OH excluding ortho intramolecular Hbond substituents is 1. The van der Waals surface area contributed by atoms with Crippen molar-refractivity contribution < 1.29 is 10.0 Å². The Hall–Kier alpha value is -0.850. The minimum Gasteiger partial charge on any atom is -0.506 e. The highest BCUT2D eigenvalue weighted by Gasteiger charge is 2.27. The van der Waals surface area contributed by atoms with Crippen LogP contribution in [0.5, 0.6) is 5.75 Å². The van der Waals surface area contributed by atoms with Gasteiger partial charge in [0.15, 0.2) is 0 Å². The molecule has 0 bridgehead atoms. The molecule has 0 unspecified atom stereocenters. The molecule has 0 saturated heterocycles. The third-order valence-electron chi connectivity index (χ3n) is 3.56. The van der Waals surface area contributed by atoms with Gasteiger partial charge in [-0.3, -0.25) is 10.1 Å². The standard InChI is InChI=1S/C12H15BrN2O3.ClH/c13-10-6-8(15(17)18)5-9(12(10)16)11(14)7-3-1-2-4-7;/h5-7,11,16H,1-4,14H2;1H/t11-;/m1./s1. The van der Waals surface area contributed by atoms with Crippen molar-refractivity contribution >= 4 is 34.0 Å². The predicted octanol–water partition coefficient (Wildman–Crippen LogP) is 3.67. The van der Waals surface area contributed by atoms with Crippen LogP contribution in [0, 0.1) is 16.0 Å². The van der Waals surface area contributed by atoms with Crippen molar-refractivity contribution in [2.45, 2.75) is 31.7 Å². The number of phenols is 1. The topological polar surface area (TPSA) is 89.4 Å². The van der Waals surface area contributed by atoms with E-state index in [1.165, 1.54) is 12.1 Å². The number of rotatable bonds is 3. The van der Waals surface area contributed by atoms with Crippen LogP contribution in [0.2, 0.25) is 0 Å². The molecule has 1 aromatic carbocycles. The molecule has 0 aromatic heterocycles. The maximum Gasteiger partial charge on any atom is 0.271 e. The molecular weight excluding hydrogens is 336 g/mol. The van der Waals surface area contributed by atoms with Gasteiger partial charge in [-0.25, -0.2) is 0 Å². The number of aromatic hydroxyl groups is 1. The van der Waals surface area contributed by atoms with Gasteiger partial charge in [0.05, 0.1) is 9.40 Å². The second-order valence-electron chi connectivity index (χ2n) is 4.69. The number of non-ortho nitro benzene ring substituents is 1. The molecular formula is C12H16BrClN2O3. The van der Waals surface area contributed by atoms with Crippen molar-refractivity contribution in [3.8, 4) is 5.75 Å². The lowest BCUT2D eigenvalue weighted by Gasteiger charge is -2.20. The van der Waals surface area contributed by atoms with Crippen molar-refractivity contribution in [3.05, 3.63) is 32.3 Å². The maximum atomic E-state index is 10.8. The van der Waals surface area contributed by atoms with Crippen LogP contribution in [0.3, 0.4) is 0 Å². The third-order valence-corrected chi connectivity index (χ3v) is 4.16. The molecule has 1 aliphatic rings. The van der Waals surface area contributed by atoms with Crippen LogP contribution in [-0.2, 0) is 0 Å². The zero-order valence-corrected chi connectivity index (χ0v) is 12.6. The first-order chi connectivity index (χ1) is 8.50. The molecule has 0 heterocycles. The summed E-state index contributed by atoms with van der Waals surface area (Å²) in [5.74, 6) is 0.310. The summed E-state index contributed by atoms with van der Waals surface area (Å²) in [5.41, 5.74) is 6.54. The molecule has 1 fully saturated rings. The SMILES string of the molecule is Cl.N[C@@H](c1cc([N+](=O)[O-])cc(Br)c1O)C1CCCC1. The van der Waals surface area contributed by atoms with E-state index in [2.05, 4.69) is 15.9 Å². The van der Waals surface area contributed by atoms with Crippen LogP contribution in [0.25, 0.3) is 0 Å². The van der Waals surface area contributed by atoms with Crippen LogP contribution in [0.15, 0.2) is 16.6 Å². The summed E-state index contributed by atoms with van der Waals surface area (Å²) in [6.45, 7) is 0. The van der Waals surface area contributed by atoms with Gasteiger partial charge in [0.1, 0.15) is 5.75 Å². The predicted molar refractivity (Wildman–Crippen MR) is 78.6 cm³/mol. The lowest BCUT2D eigenvalue weighted by Crippen LogP contribution is -2.19. The van der Waals surface area contributed by atoms with Crippen molar-refractivity contribution in [1.29, 1.82) is 0 Å². The molecule has 1 atom stereocenters. The van der Waals surface area contributed by atoms with Gasteiger partial charge in [0, 0.05) is 23.7 Å². The summed E-state index contributed by atoms with van der Waals surface area (Å²) < 4.78 is 0.320. The van der Waals surface area contributed by atoms with Gasteiger partial charge in [0.25, 0.3) is 5.69 Å². The molecule has 1 aliphatic carbocycles. The van der Waals surface area contributed by atoms with Crippen molar-refractivity contribution in [2.75, 3.05) is 0 Å². The molecule has 0 radical (unpaired) electrons. The van der Waals surface area contributed by atoms with Crippen LogP contribution in [0.4, 0.5) is 5.69 Å². The number of nitrogens with two attached hydrogens (primary N) is 1. The highest BCUT2D eigenvalue weighted by atomic mass is 79.9. The molecule has 106 valence electrons. The number of hydrogen-bond donors (Lipinski definition) is 2. The zero-order valence-electron chi connectivity index (χ0n) is 10.2. The Morgan fingerprint density at radius 1 is 1.42 bits per heavy atom. The smallest absolute Gasteiger partial charge is 0.271 e. The van der Waals surface area contributed by atoms with Crippen LogP contribution in [0.1, 0.15) is 37.3 Å². The van der Waals surface area contributed by atoms with E-state index >= 15 is 0 Å². The normalized spacial score (nSPS) is 16.9. The van der Waals surface area contributed by atoms with Crippen molar-refractivity contribution in [2.24, 2.45) is 11.7 Å². The monoisotopic (exact) mass is 350 g/mol. The van der Waals surface area contributed by atoms with E-state index in [4.69, 9.17) is 5.73 Å². The van der Waals surface area contributed by atoms with Gasteiger partial charge in [-0.05, 0) is 34.7 Å². The highest BCUT2D eigenvalue weighted by Crippen LogP contribution is 2.41. The van der Waals surface area contributed by atoms with E-state index < -0.39 is 4.92 Å². The van der Waals surface area contributed by atoms with Gasteiger partial charge < -0.3 is 10.8 Å². The van der Waals surface area contributed by atoms with Gasteiger partial charge >= 0.3 is 0 Å². The fourth-order valence-corrected chi connectivity index (χ4v) is 3.00. The van der Waals surface area contributed by atoms with E-state index in [1.54, 1.807) is 0 Å². The lowest BCUT2D eigenvalue weighted by molar-refractivity contribution is -0.385. The Balaban J connectivity index is 0.00000180. The third kappa shape index (κ3) is 3.38. The second-order valence-corrected chi connectivity index (χ2v) is 5.55. The van der Waals surface area contributed by atoms with E-state index in [9.17, 15) is 15.2 Å². The average molecular weight is 352 g/mol. The van der Waals surface area contributed by atoms with Gasteiger partial charge in [0.2, 0.25) is 0 Å². The zero-order chi connectivity index (χ0) is 13.3. The molecule has 3 N–H and O–H groups in total. The van der Waals surface area contributed by atoms with Crippen LogP contribution in [-0.4, -0.2) is 10.0 Å². The fourth-order valence-electron chi connectivity index (χ4n) is 2.54.